The lowest BCUT2D eigenvalue weighted by molar-refractivity contribution is -0.135. The molecule has 1 aliphatic rings. The third-order valence-corrected chi connectivity index (χ3v) is 2.00. The van der Waals surface area contributed by atoms with Gasteiger partial charge in [0.15, 0.2) is 0 Å². The van der Waals surface area contributed by atoms with Crippen molar-refractivity contribution in [3.63, 3.8) is 0 Å². The highest BCUT2D eigenvalue weighted by Gasteiger charge is 2.32. The minimum atomic E-state index is -0.815. The van der Waals surface area contributed by atoms with Crippen LogP contribution in [0.5, 0.6) is 0 Å². The van der Waals surface area contributed by atoms with Crippen molar-refractivity contribution in [2.24, 2.45) is 5.73 Å². The summed E-state index contributed by atoms with van der Waals surface area (Å²) in [6.45, 7) is 4.42. The van der Waals surface area contributed by atoms with Crippen LogP contribution in [0.1, 0.15) is 20.3 Å². The van der Waals surface area contributed by atoms with Gasteiger partial charge in [0.1, 0.15) is 0 Å². The number of hydrogen-bond acceptors (Lipinski definition) is 3. The molecule has 1 aliphatic heterocycles. The number of nitrogens with two attached hydrogens (primary N) is 1. The summed E-state index contributed by atoms with van der Waals surface area (Å²) in [5.41, 5.74) is 4.82. The van der Waals surface area contributed by atoms with Gasteiger partial charge in [-0.2, -0.15) is 0 Å². The third kappa shape index (κ3) is 3.14. The summed E-state index contributed by atoms with van der Waals surface area (Å²) in [6.07, 6.45) is 0.304. The van der Waals surface area contributed by atoms with Crippen LogP contribution in [0.3, 0.4) is 0 Å². The summed E-state index contributed by atoms with van der Waals surface area (Å²) in [7, 11) is 0. The Hall–Kier alpha value is -0.320. The number of aliphatic hydroxyl groups excluding tert-OH is 1. The first-order valence-corrected chi connectivity index (χ1v) is 4.17. The monoisotopic (exact) mass is 208 g/mol. The molecule has 0 aliphatic carbocycles. The molecule has 1 saturated heterocycles. The fourth-order valence-corrected chi connectivity index (χ4v) is 1.33. The van der Waals surface area contributed by atoms with E-state index >= 15 is 0 Å². The van der Waals surface area contributed by atoms with Gasteiger partial charge in [-0.25, -0.2) is 0 Å². The molecule has 3 N–H and O–H groups in total. The quantitative estimate of drug-likeness (QED) is 0.624. The van der Waals surface area contributed by atoms with E-state index < -0.39 is 5.54 Å². The summed E-state index contributed by atoms with van der Waals surface area (Å²) in [6, 6.07) is 0. The standard InChI is InChI=1S/C8H16N2O2.ClH/c1-8(2,9)7(12)10-4-3-6(11)5-10;/h6,11H,3-5,9H2,1-2H3;1H. The van der Waals surface area contributed by atoms with Crippen molar-refractivity contribution in [1.82, 2.24) is 4.90 Å². The predicted octanol–water partition coefficient (Wildman–Crippen LogP) is -0.261. The topological polar surface area (TPSA) is 66.6 Å². The second kappa shape index (κ2) is 4.26. The van der Waals surface area contributed by atoms with Gasteiger partial charge in [-0.15, -0.1) is 12.4 Å². The molecule has 1 heterocycles. The molecule has 0 aromatic rings. The van der Waals surface area contributed by atoms with Crippen LogP contribution < -0.4 is 5.73 Å². The molecule has 0 aromatic carbocycles. The number of halogens is 1. The van der Waals surface area contributed by atoms with Crippen LogP contribution in [0.4, 0.5) is 0 Å². The van der Waals surface area contributed by atoms with Gasteiger partial charge in [0.2, 0.25) is 5.91 Å². The van der Waals surface area contributed by atoms with E-state index in [0.29, 0.717) is 19.5 Å². The maximum absolute atomic E-state index is 11.5. The van der Waals surface area contributed by atoms with E-state index in [9.17, 15) is 9.90 Å². The van der Waals surface area contributed by atoms with E-state index in [1.807, 2.05) is 0 Å². The van der Waals surface area contributed by atoms with Gasteiger partial charge in [0.05, 0.1) is 11.6 Å². The first-order valence-electron chi connectivity index (χ1n) is 4.17. The zero-order valence-electron chi connectivity index (χ0n) is 7.99. The number of rotatable bonds is 1. The molecule has 1 unspecified atom stereocenters. The minimum absolute atomic E-state index is 0. The summed E-state index contributed by atoms with van der Waals surface area (Å²) in [5.74, 6) is -0.0842. The van der Waals surface area contributed by atoms with Crippen LogP contribution in [0.15, 0.2) is 0 Å². The SMILES string of the molecule is CC(C)(N)C(=O)N1CCC(O)C1.Cl. The van der Waals surface area contributed by atoms with E-state index in [1.54, 1.807) is 18.7 Å². The van der Waals surface area contributed by atoms with Crippen LogP contribution in [0.25, 0.3) is 0 Å². The number of carbonyl (C=O) groups excluding carboxylic acids is 1. The second-order valence-electron chi connectivity index (χ2n) is 3.92. The van der Waals surface area contributed by atoms with Crippen LogP contribution >= 0.6 is 12.4 Å². The highest BCUT2D eigenvalue weighted by Crippen LogP contribution is 2.13. The Balaban J connectivity index is 0.00000144. The van der Waals surface area contributed by atoms with Crippen molar-refractivity contribution in [1.29, 1.82) is 0 Å². The molecule has 4 nitrogen and oxygen atoms in total. The zero-order chi connectivity index (χ0) is 9.35. The lowest BCUT2D eigenvalue weighted by Crippen LogP contribution is -2.50. The average Bonchev–Trinajstić information content (AvgIpc) is 2.32. The van der Waals surface area contributed by atoms with Gasteiger partial charge in [-0.05, 0) is 20.3 Å². The number of likely N-dealkylation sites (tertiary alicyclic amines) is 1. The van der Waals surface area contributed by atoms with Crippen molar-refractivity contribution < 1.29 is 9.90 Å². The molecule has 0 saturated carbocycles. The summed E-state index contributed by atoms with van der Waals surface area (Å²) in [4.78, 5) is 13.1. The van der Waals surface area contributed by atoms with Crippen molar-refractivity contribution in [3.8, 4) is 0 Å². The van der Waals surface area contributed by atoms with Crippen molar-refractivity contribution >= 4 is 18.3 Å². The maximum Gasteiger partial charge on any atom is 0.242 e. The average molecular weight is 209 g/mol. The fourth-order valence-electron chi connectivity index (χ4n) is 1.33. The molecular weight excluding hydrogens is 192 g/mol. The smallest absolute Gasteiger partial charge is 0.242 e. The first kappa shape index (κ1) is 12.7. The molecule has 1 amide bonds. The molecular formula is C8H17ClN2O2. The Kier molecular flexibility index (Phi) is 4.16. The normalized spacial score (nSPS) is 22.8. The molecule has 0 bridgehead atoms. The number of aliphatic hydroxyl groups is 1. The van der Waals surface area contributed by atoms with E-state index in [0.717, 1.165) is 0 Å². The lowest BCUT2D eigenvalue weighted by atomic mass is 10.1. The van der Waals surface area contributed by atoms with Gasteiger partial charge >= 0.3 is 0 Å². The highest BCUT2D eigenvalue weighted by molar-refractivity contribution is 5.85. The number of nitrogens with zero attached hydrogens (tertiary/aromatic N) is 1. The number of hydrogen-bond donors (Lipinski definition) is 2. The summed E-state index contributed by atoms with van der Waals surface area (Å²) in [5, 5.41) is 9.18. The van der Waals surface area contributed by atoms with Crippen LogP contribution in [0, 0.1) is 0 Å². The minimum Gasteiger partial charge on any atom is -0.391 e. The molecule has 5 heteroatoms. The summed E-state index contributed by atoms with van der Waals surface area (Å²) < 4.78 is 0. The van der Waals surface area contributed by atoms with Crippen molar-refractivity contribution in [2.75, 3.05) is 13.1 Å². The van der Waals surface area contributed by atoms with Crippen molar-refractivity contribution in [3.05, 3.63) is 0 Å². The third-order valence-electron chi connectivity index (χ3n) is 2.00. The Morgan fingerprint density at radius 3 is 2.46 bits per heavy atom. The van der Waals surface area contributed by atoms with E-state index in [1.165, 1.54) is 0 Å². The number of carbonyl (C=O) groups is 1. The van der Waals surface area contributed by atoms with Gasteiger partial charge < -0.3 is 15.7 Å². The highest BCUT2D eigenvalue weighted by atomic mass is 35.5. The molecule has 13 heavy (non-hydrogen) atoms. The van der Waals surface area contributed by atoms with Gasteiger partial charge in [0, 0.05) is 13.1 Å². The second-order valence-corrected chi connectivity index (χ2v) is 3.92. The molecule has 0 aromatic heterocycles. The first-order chi connectivity index (χ1) is 5.41. The molecule has 1 rings (SSSR count). The predicted molar refractivity (Wildman–Crippen MR) is 52.7 cm³/mol. The van der Waals surface area contributed by atoms with Crippen LogP contribution in [0.2, 0.25) is 0 Å². The molecule has 0 spiro atoms. The molecule has 1 fully saturated rings. The Morgan fingerprint density at radius 1 is 1.62 bits per heavy atom. The molecule has 78 valence electrons. The van der Waals surface area contributed by atoms with E-state index in [4.69, 9.17) is 5.73 Å². The number of amides is 1. The Morgan fingerprint density at radius 2 is 2.15 bits per heavy atom. The fraction of sp³-hybridized carbons (Fsp3) is 0.875. The molecule has 0 radical (unpaired) electrons. The zero-order valence-corrected chi connectivity index (χ0v) is 8.80. The van der Waals surface area contributed by atoms with E-state index in [2.05, 4.69) is 0 Å². The van der Waals surface area contributed by atoms with Gasteiger partial charge in [-0.1, -0.05) is 0 Å². The Labute approximate surface area is 84.5 Å². The maximum atomic E-state index is 11.5. The largest absolute Gasteiger partial charge is 0.391 e. The van der Waals surface area contributed by atoms with Gasteiger partial charge in [0.25, 0.3) is 0 Å². The Bertz CT molecular complexity index is 191. The summed E-state index contributed by atoms with van der Waals surface area (Å²) >= 11 is 0. The lowest BCUT2D eigenvalue weighted by Gasteiger charge is -2.25. The van der Waals surface area contributed by atoms with Gasteiger partial charge in [-0.3, -0.25) is 4.79 Å². The molecule has 1 atom stereocenters. The number of β-amino-alcohol motifs (C(OH)–C–C–N with tert-alkyl or cyclic N) is 1. The van der Waals surface area contributed by atoms with Crippen LogP contribution in [-0.2, 0) is 4.79 Å². The van der Waals surface area contributed by atoms with Crippen molar-refractivity contribution in [2.45, 2.75) is 31.9 Å². The van der Waals surface area contributed by atoms with Crippen LogP contribution in [-0.4, -0.2) is 40.6 Å². The van der Waals surface area contributed by atoms with E-state index in [-0.39, 0.29) is 24.4 Å².